The Morgan fingerprint density at radius 1 is 1.10 bits per heavy atom. The molecule has 158 valence electrons. The topological polar surface area (TPSA) is 54.2 Å². The number of imidazole rings is 1. The maximum absolute atomic E-state index is 13.5. The predicted octanol–water partition coefficient (Wildman–Crippen LogP) is 4.11. The average Bonchev–Trinajstić information content (AvgIpc) is 3.14. The molecule has 0 aliphatic carbocycles. The van der Waals surface area contributed by atoms with Gasteiger partial charge in [0.25, 0.3) is 0 Å². The van der Waals surface area contributed by atoms with Crippen molar-refractivity contribution in [1.82, 2.24) is 20.2 Å². The van der Waals surface area contributed by atoms with Gasteiger partial charge in [-0.1, -0.05) is 30.3 Å². The van der Waals surface area contributed by atoms with Crippen LogP contribution in [-0.4, -0.2) is 28.8 Å². The van der Waals surface area contributed by atoms with Gasteiger partial charge in [0.15, 0.2) is 5.96 Å². The Balaban J connectivity index is 1.57. The zero-order valence-corrected chi connectivity index (χ0v) is 18.5. The summed E-state index contributed by atoms with van der Waals surface area (Å²) in [7, 11) is 1.75. The number of benzene rings is 2. The van der Waals surface area contributed by atoms with Crippen molar-refractivity contribution in [2.45, 2.75) is 32.3 Å². The number of halogens is 1. The number of nitrogens with zero attached hydrogens (tertiary/aromatic N) is 3. The molecular formula is C23H28FN5S. The molecule has 0 aliphatic heterocycles. The standard InChI is InChI=1S/C23H28FN5S/c1-17-26-9-10-29(17)15-19-6-4-5-18(11-19)13-27-23(25-2)28-14-20-7-8-22(24)12-21(20)16-30-3/h4-12H,13-16H2,1-3H3,(H2,25,27,28). The molecule has 0 aliphatic rings. The van der Waals surface area contributed by atoms with Gasteiger partial charge in [0.1, 0.15) is 11.6 Å². The zero-order valence-electron chi connectivity index (χ0n) is 17.7. The largest absolute Gasteiger partial charge is 0.352 e. The van der Waals surface area contributed by atoms with Crippen LogP contribution >= 0.6 is 11.8 Å². The Labute approximate surface area is 181 Å². The summed E-state index contributed by atoms with van der Waals surface area (Å²) >= 11 is 1.68. The third-order valence-electron chi connectivity index (χ3n) is 4.87. The summed E-state index contributed by atoms with van der Waals surface area (Å²) < 4.78 is 15.7. The molecule has 0 spiro atoms. The molecule has 0 fully saturated rings. The fraction of sp³-hybridized carbons (Fsp3) is 0.304. The monoisotopic (exact) mass is 425 g/mol. The normalized spacial score (nSPS) is 11.5. The van der Waals surface area contributed by atoms with E-state index in [2.05, 4.69) is 49.4 Å². The van der Waals surface area contributed by atoms with Crippen LogP contribution in [0.4, 0.5) is 4.39 Å². The molecule has 3 rings (SSSR count). The number of thioether (sulfide) groups is 1. The molecule has 7 heteroatoms. The van der Waals surface area contributed by atoms with Gasteiger partial charge in [-0.2, -0.15) is 11.8 Å². The van der Waals surface area contributed by atoms with E-state index in [0.29, 0.717) is 19.0 Å². The van der Waals surface area contributed by atoms with Gasteiger partial charge in [0.2, 0.25) is 0 Å². The third kappa shape index (κ3) is 6.10. The van der Waals surface area contributed by atoms with E-state index in [4.69, 9.17) is 0 Å². The number of nitrogens with one attached hydrogen (secondary N) is 2. The fourth-order valence-electron chi connectivity index (χ4n) is 3.25. The Hall–Kier alpha value is -2.80. The lowest BCUT2D eigenvalue weighted by atomic mass is 10.1. The number of aromatic nitrogens is 2. The second-order valence-electron chi connectivity index (χ2n) is 7.05. The van der Waals surface area contributed by atoms with E-state index in [0.717, 1.165) is 29.2 Å². The SMILES string of the molecule is CN=C(NCc1cccc(Cn2ccnc2C)c1)NCc1ccc(F)cc1CSC. The number of aliphatic imine (C=N–C) groups is 1. The van der Waals surface area contributed by atoms with Crippen LogP contribution in [0.2, 0.25) is 0 Å². The van der Waals surface area contributed by atoms with Crippen LogP contribution in [0.1, 0.15) is 28.1 Å². The third-order valence-corrected chi connectivity index (χ3v) is 5.47. The van der Waals surface area contributed by atoms with Crippen LogP contribution in [0.25, 0.3) is 0 Å². The molecule has 0 atom stereocenters. The van der Waals surface area contributed by atoms with Crippen molar-refractivity contribution in [3.8, 4) is 0 Å². The summed E-state index contributed by atoms with van der Waals surface area (Å²) in [6.45, 7) is 4.07. The molecule has 5 nitrogen and oxygen atoms in total. The van der Waals surface area contributed by atoms with E-state index in [1.165, 1.54) is 17.2 Å². The summed E-state index contributed by atoms with van der Waals surface area (Å²) in [5.41, 5.74) is 4.49. The van der Waals surface area contributed by atoms with E-state index in [9.17, 15) is 4.39 Å². The summed E-state index contributed by atoms with van der Waals surface area (Å²) in [5, 5.41) is 6.68. The highest BCUT2D eigenvalue weighted by Crippen LogP contribution is 2.16. The second-order valence-corrected chi connectivity index (χ2v) is 7.91. The minimum atomic E-state index is -0.198. The van der Waals surface area contributed by atoms with Gasteiger partial charge in [-0.05, 0) is 47.6 Å². The van der Waals surface area contributed by atoms with Crippen molar-refractivity contribution >= 4 is 17.7 Å². The summed E-state index contributed by atoms with van der Waals surface area (Å²) in [6.07, 6.45) is 5.83. The van der Waals surface area contributed by atoms with Crippen LogP contribution in [0.3, 0.4) is 0 Å². The van der Waals surface area contributed by atoms with Crippen molar-refractivity contribution in [2.24, 2.45) is 4.99 Å². The molecule has 0 saturated heterocycles. The van der Waals surface area contributed by atoms with Crippen molar-refractivity contribution in [3.05, 3.63) is 88.8 Å². The molecule has 2 N–H and O–H groups in total. The molecule has 2 aromatic carbocycles. The van der Waals surface area contributed by atoms with E-state index in [-0.39, 0.29) is 5.82 Å². The first-order valence-electron chi connectivity index (χ1n) is 9.85. The van der Waals surface area contributed by atoms with Crippen molar-refractivity contribution in [2.75, 3.05) is 13.3 Å². The highest BCUT2D eigenvalue weighted by molar-refractivity contribution is 7.97. The molecule has 1 heterocycles. The molecule has 30 heavy (non-hydrogen) atoms. The highest BCUT2D eigenvalue weighted by Gasteiger charge is 2.06. The maximum Gasteiger partial charge on any atom is 0.191 e. The molecule has 0 amide bonds. The molecule has 3 aromatic rings. The lowest BCUT2D eigenvalue weighted by Crippen LogP contribution is -2.36. The minimum Gasteiger partial charge on any atom is -0.352 e. The molecule has 0 saturated carbocycles. The second kappa shape index (κ2) is 10.8. The van der Waals surface area contributed by atoms with Gasteiger partial charge < -0.3 is 15.2 Å². The Morgan fingerprint density at radius 2 is 1.90 bits per heavy atom. The first kappa shape index (κ1) is 21.9. The molecule has 1 aromatic heterocycles. The first-order valence-corrected chi connectivity index (χ1v) is 11.2. The molecule has 0 radical (unpaired) electrons. The Kier molecular flexibility index (Phi) is 7.90. The quantitative estimate of drug-likeness (QED) is 0.421. The van der Waals surface area contributed by atoms with E-state index in [1.54, 1.807) is 24.9 Å². The van der Waals surface area contributed by atoms with Gasteiger partial charge in [0.05, 0.1) is 0 Å². The number of guanidine groups is 1. The Bertz CT molecular complexity index is 999. The van der Waals surface area contributed by atoms with Crippen LogP contribution < -0.4 is 10.6 Å². The number of hydrogen-bond acceptors (Lipinski definition) is 3. The minimum absolute atomic E-state index is 0.198. The maximum atomic E-state index is 13.5. The molecule has 0 bridgehead atoms. The van der Waals surface area contributed by atoms with Crippen molar-refractivity contribution in [3.63, 3.8) is 0 Å². The lowest BCUT2D eigenvalue weighted by molar-refractivity contribution is 0.625. The molecule has 0 unspecified atom stereocenters. The van der Waals surface area contributed by atoms with Gasteiger partial charge in [-0.15, -0.1) is 0 Å². The first-order chi connectivity index (χ1) is 14.6. The summed E-state index contributed by atoms with van der Waals surface area (Å²) in [4.78, 5) is 8.59. The predicted molar refractivity (Wildman–Crippen MR) is 123 cm³/mol. The number of aryl methyl sites for hydroxylation is 1. The van der Waals surface area contributed by atoms with Crippen LogP contribution in [0, 0.1) is 12.7 Å². The summed E-state index contributed by atoms with van der Waals surface area (Å²) in [5.74, 6) is 2.30. The van der Waals surface area contributed by atoms with Crippen LogP contribution in [-0.2, 0) is 25.4 Å². The van der Waals surface area contributed by atoms with Gasteiger partial charge in [-0.3, -0.25) is 4.99 Å². The number of hydrogen-bond donors (Lipinski definition) is 2. The van der Waals surface area contributed by atoms with E-state index in [1.807, 2.05) is 31.6 Å². The van der Waals surface area contributed by atoms with E-state index >= 15 is 0 Å². The smallest absolute Gasteiger partial charge is 0.191 e. The van der Waals surface area contributed by atoms with Crippen LogP contribution in [0.15, 0.2) is 59.9 Å². The fourth-order valence-corrected chi connectivity index (χ4v) is 3.83. The van der Waals surface area contributed by atoms with Gasteiger partial charge in [-0.25, -0.2) is 9.37 Å². The van der Waals surface area contributed by atoms with E-state index < -0.39 is 0 Å². The lowest BCUT2D eigenvalue weighted by Gasteiger charge is -2.15. The van der Waals surface area contributed by atoms with Gasteiger partial charge in [0, 0.05) is 44.8 Å². The number of rotatable bonds is 8. The average molecular weight is 426 g/mol. The van der Waals surface area contributed by atoms with Gasteiger partial charge >= 0.3 is 0 Å². The zero-order chi connectivity index (χ0) is 21.3. The summed E-state index contributed by atoms with van der Waals surface area (Å²) in [6, 6.07) is 13.4. The highest BCUT2D eigenvalue weighted by atomic mass is 32.2. The van der Waals surface area contributed by atoms with Crippen LogP contribution in [0.5, 0.6) is 0 Å². The van der Waals surface area contributed by atoms with Crippen molar-refractivity contribution < 1.29 is 4.39 Å². The Morgan fingerprint density at radius 3 is 2.63 bits per heavy atom. The molecular weight excluding hydrogens is 397 g/mol. The van der Waals surface area contributed by atoms with Crippen molar-refractivity contribution in [1.29, 1.82) is 0 Å².